The van der Waals surface area contributed by atoms with Crippen molar-refractivity contribution in [2.45, 2.75) is 52.5 Å². The first-order valence-corrected chi connectivity index (χ1v) is 9.39. The molecule has 0 aromatic rings. The Bertz CT molecular complexity index is 441. The van der Waals surface area contributed by atoms with Crippen LogP contribution in [-0.2, 0) is 4.79 Å². The maximum Gasteiger partial charge on any atom is 0.234 e. The number of hydrogen-bond donors (Lipinski definition) is 2. The Morgan fingerprint density at radius 3 is 2.28 bits per heavy atom. The highest BCUT2D eigenvalue weighted by molar-refractivity contribution is 14.0. The van der Waals surface area contributed by atoms with E-state index >= 15 is 0 Å². The summed E-state index contributed by atoms with van der Waals surface area (Å²) in [6.07, 6.45) is 5.34. The van der Waals surface area contributed by atoms with E-state index < -0.39 is 0 Å². The standard InChI is InChI=1S/C18H35N5O.HI/c1-15(2)21-16(24)13-22-9-11-23(12-10-22)17(19-4)20-14-18(3)7-5-6-8-18;/h15H,5-14H2,1-4H3,(H,19,20)(H,21,24);1H. The number of guanidine groups is 1. The Morgan fingerprint density at radius 1 is 1.16 bits per heavy atom. The number of amides is 1. The smallest absolute Gasteiger partial charge is 0.234 e. The minimum absolute atomic E-state index is 0. The molecule has 2 rings (SSSR count). The number of aliphatic imine (C=N–C) groups is 1. The number of carbonyl (C=O) groups excluding carboxylic acids is 1. The molecule has 0 aromatic carbocycles. The zero-order chi connectivity index (χ0) is 17.6. The average molecular weight is 465 g/mol. The third kappa shape index (κ3) is 7.29. The largest absolute Gasteiger partial charge is 0.356 e. The van der Waals surface area contributed by atoms with E-state index in [0.29, 0.717) is 12.0 Å². The fraction of sp³-hybridized carbons (Fsp3) is 0.889. The van der Waals surface area contributed by atoms with E-state index in [0.717, 1.165) is 38.7 Å². The molecule has 2 N–H and O–H groups in total. The van der Waals surface area contributed by atoms with E-state index in [9.17, 15) is 4.79 Å². The first kappa shape index (κ1) is 22.5. The summed E-state index contributed by atoms with van der Waals surface area (Å²) in [5, 5.41) is 6.54. The van der Waals surface area contributed by atoms with Crippen LogP contribution in [0.3, 0.4) is 0 Å². The van der Waals surface area contributed by atoms with Gasteiger partial charge in [-0.25, -0.2) is 0 Å². The van der Waals surface area contributed by atoms with Gasteiger partial charge in [-0.3, -0.25) is 14.7 Å². The van der Waals surface area contributed by atoms with Gasteiger partial charge in [-0.2, -0.15) is 0 Å². The summed E-state index contributed by atoms with van der Waals surface area (Å²) in [6.45, 7) is 11.5. The van der Waals surface area contributed by atoms with Crippen LogP contribution in [0.15, 0.2) is 4.99 Å². The van der Waals surface area contributed by atoms with Crippen LogP contribution in [0.1, 0.15) is 46.5 Å². The number of nitrogens with one attached hydrogen (secondary N) is 2. The molecule has 2 fully saturated rings. The second kappa shape index (κ2) is 10.5. The highest BCUT2D eigenvalue weighted by Crippen LogP contribution is 2.36. The predicted octanol–water partition coefficient (Wildman–Crippen LogP) is 1.90. The molecule has 0 aromatic heterocycles. The zero-order valence-corrected chi connectivity index (χ0v) is 18.6. The predicted molar refractivity (Wildman–Crippen MR) is 115 cm³/mol. The van der Waals surface area contributed by atoms with E-state index in [1.165, 1.54) is 25.7 Å². The lowest BCUT2D eigenvalue weighted by Gasteiger charge is -2.37. The van der Waals surface area contributed by atoms with Crippen LogP contribution in [0.25, 0.3) is 0 Å². The summed E-state index contributed by atoms with van der Waals surface area (Å²) < 4.78 is 0. The van der Waals surface area contributed by atoms with E-state index in [1.807, 2.05) is 20.9 Å². The van der Waals surface area contributed by atoms with Crippen molar-refractivity contribution in [3.63, 3.8) is 0 Å². The molecule has 1 heterocycles. The molecule has 0 radical (unpaired) electrons. The van der Waals surface area contributed by atoms with Crippen molar-refractivity contribution in [1.82, 2.24) is 20.4 Å². The first-order chi connectivity index (χ1) is 11.4. The summed E-state index contributed by atoms with van der Waals surface area (Å²) in [5.41, 5.74) is 0.423. The van der Waals surface area contributed by atoms with Gasteiger partial charge in [0.1, 0.15) is 0 Å². The normalized spacial score (nSPS) is 21.2. The summed E-state index contributed by atoms with van der Waals surface area (Å²) in [7, 11) is 1.86. The van der Waals surface area contributed by atoms with Gasteiger partial charge in [-0.05, 0) is 32.1 Å². The van der Waals surface area contributed by atoms with Crippen molar-refractivity contribution in [1.29, 1.82) is 0 Å². The Kier molecular flexibility index (Phi) is 9.48. The van der Waals surface area contributed by atoms with Crippen molar-refractivity contribution < 1.29 is 4.79 Å². The molecule has 2 aliphatic rings. The molecule has 1 saturated heterocycles. The van der Waals surface area contributed by atoms with E-state index in [1.54, 1.807) is 0 Å². The molecule has 146 valence electrons. The van der Waals surface area contributed by atoms with Gasteiger partial charge in [0.05, 0.1) is 6.54 Å². The molecule has 1 saturated carbocycles. The van der Waals surface area contributed by atoms with E-state index in [2.05, 4.69) is 32.3 Å². The Hall–Kier alpha value is -0.570. The minimum Gasteiger partial charge on any atom is -0.356 e. The number of nitrogens with zero attached hydrogens (tertiary/aromatic N) is 3. The molecular weight excluding hydrogens is 429 g/mol. The molecule has 0 bridgehead atoms. The van der Waals surface area contributed by atoms with Gasteiger partial charge in [0.2, 0.25) is 5.91 Å². The Morgan fingerprint density at radius 2 is 1.76 bits per heavy atom. The molecule has 6 nitrogen and oxygen atoms in total. The molecule has 1 amide bonds. The van der Waals surface area contributed by atoms with Crippen LogP contribution in [0, 0.1) is 5.41 Å². The van der Waals surface area contributed by atoms with Crippen LogP contribution in [-0.4, -0.2) is 74.0 Å². The van der Waals surface area contributed by atoms with Crippen LogP contribution in [0.5, 0.6) is 0 Å². The highest BCUT2D eigenvalue weighted by atomic mass is 127. The minimum atomic E-state index is 0. The Labute approximate surface area is 170 Å². The van der Waals surface area contributed by atoms with Crippen molar-refractivity contribution >= 4 is 35.8 Å². The molecule has 7 heteroatoms. The molecule has 0 atom stereocenters. The lowest BCUT2D eigenvalue weighted by Crippen LogP contribution is -2.55. The number of rotatable bonds is 5. The summed E-state index contributed by atoms with van der Waals surface area (Å²) >= 11 is 0. The van der Waals surface area contributed by atoms with E-state index in [-0.39, 0.29) is 35.9 Å². The van der Waals surface area contributed by atoms with Crippen molar-refractivity contribution in [3.8, 4) is 0 Å². The maximum atomic E-state index is 11.9. The monoisotopic (exact) mass is 465 g/mol. The summed E-state index contributed by atoms with van der Waals surface area (Å²) in [4.78, 5) is 20.9. The van der Waals surface area contributed by atoms with Gasteiger partial charge in [0.15, 0.2) is 5.96 Å². The molecule has 25 heavy (non-hydrogen) atoms. The van der Waals surface area contributed by atoms with Gasteiger partial charge in [-0.1, -0.05) is 19.8 Å². The molecular formula is C18H36IN5O. The third-order valence-electron chi connectivity index (χ3n) is 5.18. The van der Waals surface area contributed by atoms with E-state index in [4.69, 9.17) is 0 Å². The SMILES string of the molecule is CN=C(NCC1(C)CCCC1)N1CCN(CC(=O)NC(C)C)CC1.I. The van der Waals surface area contributed by atoms with Gasteiger partial charge in [0.25, 0.3) is 0 Å². The number of hydrogen-bond acceptors (Lipinski definition) is 3. The fourth-order valence-electron chi connectivity index (χ4n) is 3.72. The zero-order valence-electron chi connectivity index (χ0n) is 16.3. The van der Waals surface area contributed by atoms with Crippen molar-refractivity contribution in [2.75, 3.05) is 46.3 Å². The van der Waals surface area contributed by atoms with Crippen LogP contribution < -0.4 is 10.6 Å². The molecule has 0 spiro atoms. The number of halogens is 1. The van der Waals surface area contributed by atoms with Gasteiger partial charge >= 0.3 is 0 Å². The molecule has 1 aliphatic heterocycles. The average Bonchev–Trinajstić information content (AvgIpc) is 2.95. The summed E-state index contributed by atoms with van der Waals surface area (Å²) in [5.74, 6) is 1.13. The highest BCUT2D eigenvalue weighted by Gasteiger charge is 2.29. The lowest BCUT2D eigenvalue weighted by atomic mass is 9.89. The quantitative estimate of drug-likeness (QED) is 0.370. The second-order valence-electron chi connectivity index (χ2n) is 7.90. The number of piperazine rings is 1. The van der Waals surface area contributed by atoms with Gasteiger partial charge in [0, 0.05) is 45.8 Å². The topological polar surface area (TPSA) is 60.0 Å². The summed E-state index contributed by atoms with van der Waals surface area (Å²) in [6, 6.07) is 0.207. The Balaban J connectivity index is 0.00000312. The van der Waals surface area contributed by atoms with Crippen molar-refractivity contribution in [2.24, 2.45) is 10.4 Å². The van der Waals surface area contributed by atoms with Crippen molar-refractivity contribution in [3.05, 3.63) is 0 Å². The maximum absolute atomic E-state index is 11.9. The number of carbonyl (C=O) groups is 1. The second-order valence-corrected chi connectivity index (χ2v) is 7.90. The molecule has 1 aliphatic carbocycles. The van der Waals surface area contributed by atoms with Gasteiger partial charge in [-0.15, -0.1) is 24.0 Å². The van der Waals surface area contributed by atoms with Gasteiger partial charge < -0.3 is 15.5 Å². The third-order valence-corrected chi connectivity index (χ3v) is 5.18. The fourth-order valence-corrected chi connectivity index (χ4v) is 3.72. The van der Waals surface area contributed by atoms with Crippen LogP contribution in [0.4, 0.5) is 0 Å². The first-order valence-electron chi connectivity index (χ1n) is 9.39. The van der Waals surface area contributed by atoms with Crippen LogP contribution >= 0.6 is 24.0 Å². The lowest BCUT2D eigenvalue weighted by molar-refractivity contribution is -0.123. The van der Waals surface area contributed by atoms with Crippen LogP contribution in [0.2, 0.25) is 0 Å². The molecule has 0 unspecified atom stereocenters.